The molecule has 1 N–H and O–H groups in total. The van der Waals surface area contributed by atoms with Crippen molar-refractivity contribution in [1.29, 1.82) is 0 Å². The molecule has 0 bridgehead atoms. The third-order valence-electron chi connectivity index (χ3n) is 4.57. The van der Waals surface area contributed by atoms with Gasteiger partial charge in [-0.3, -0.25) is 24.5 Å². The van der Waals surface area contributed by atoms with E-state index in [0.29, 0.717) is 16.8 Å². The average Bonchev–Trinajstić information content (AvgIpc) is 2.82. The van der Waals surface area contributed by atoms with Crippen LogP contribution in [-0.4, -0.2) is 22.6 Å². The van der Waals surface area contributed by atoms with Gasteiger partial charge in [0.15, 0.2) is 6.10 Å². The van der Waals surface area contributed by atoms with Gasteiger partial charge in [-0.15, -0.1) is 0 Å². The summed E-state index contributed by atoms with van der Waals surface area (Å²) in [6.07, 6.45) is -1.65. The molecule has 1 amide bonds. The highest BCUT2D eigenvalue weighted by molar-refractivity contribution is 6.01. The minimum Gasteiger partial charge on any atom is -0.449 e. The summed E-state index contributed by atoms with van der Waals surface area (Å²) in [7, 11) is 0. The quantitative estimate of drug-likeness (QED) is 0.231. The highest BCUT2D eigenvalue weighted by atomic mass is 16.6. The number of ketones is 1. The zero-order valence-corrected chi connectivity index (χ0v) is 17.0. The van der Waals surface area contributed by atoms with Crippen LogP contribution in [-0.2, 0) is 14.3 Å². The summed E-state index contributed by atoms with van der Waals surface area (Å²) in [4.78, 5) is 47.9. The van der Waals surface area contributed by atoms with Crippen LogP contribution in [0.25, 0.3) is 0 Å². The van der Waals surface area contributed by atoms with Crippen LogP contribution in [0.5, 0.6) is 0 Å². The van der Waals surface area contributed by atoms with Crippen LogP contribution in [0.15, 0.2) is 84.9 Å². The highest BCUT2D eigenvalue weighted by Gasteiger charge is 2.27. The lowest BCUT2D eigenvalue weighted by Crippen LogP contribution is -2.21. The van der Waals surface area contributed by atoms with Crippen molar-refractivity contribution in [2.24, 2.45) is 0 Å². The van der Waals surface area contributed by atoms with Crippen molar-refractivity contribution in [3.63, 3.8) is 0 Å². The average molecular weight is 432 g/mol. The van der Waals surface area contributed by atoms with E-state index in [0.717, 1.165) is 0 Å². The van der Waals surface area contributed by atoms with E-state index in [2.05, 4.69) is 5.32 Å². The second-order valence-electron chi connectivity index (χ2n) is 6.86. The molecule has 162 valence electrons. The summed E-state index contributed by atoms with van der Waals surface area (Å²) < 4.78 is 5.42. The van der Waals surface area contributed by atoms with Gasteiger partial charge in [0.25, 0.3) is 5.69 Å². The van der Waals surface area contributed by atoms with Crippen molar-refractivity contribution in [2.75, 3.05) is 5.32 Å². The van der Waals surface area contributed by atoms with E-state index in [1.165, 1.54) is 24.3 Å². The van der Waals surface area contributed by atoms with Gasteiger partial charge >= 0.3 is 5.97 Å². The second kappa shape index (κ2) is 10.6. The number of hydrogen-bond acceptors (Lipinski definition) is 6. The lowest BCUT2D eigenvalue weighted by atomic mass is 9.99. The van der Waals surface area contributed by atoms with Crippen LogP contribution in [0.4, 0.5) is 11.4 Å². The normalized spacial score (nSPS) is 11.2. The Morgan fingerprint density at radius 1 is 0.844 bits per heavy atom. The van der Waals surface area contributed by atoms with Crippen molar-refractivity contribution in [2.45, 2.75) is 18.9 Å². The molecule has 0 heterocycles. The van der Waals surface area contributed by atoms with E-state index in [-0.39, 0.29) is 24.4 Å². The number of nitrogens with one attached hydrogen (secondary N) is 1. The van der Waals surface area contributed by atoms with Crippen molar-refractivity contribution < 1.29 is 24.0 Å². The van der Waals surface area contributed by atoms with Gasteiger partial charge in [0, 0.05) is 35.4 Å². The molecule has 0 aliphatic carbocycles. The first-order valence-electron chi connectivity index (χ1n) is 9.82. The zero-order chi connectivity index (χ0) is 22.9. The predicted octanol–water partition coefficient (Wildman–Crippen LogP) is 4.48. The number of ether oxygens (including phenoxy) is 1. The Morgan fingerprint density at radius 2 is 1.44 bits per heavy atom. The summed E-state index contributed by atoms with van der Waals surface area (Å²) in [5.41, 5.74) is 1.08. The van der Waals surface area contributed by atoms with Gasteiger partial charge in [-0.05, 0) is 24.3 Å². The van der Waals surface area contributed by atoms with E-state index in [1.807, 2.05) is 6.07 Å². The number of Topliss-reactive ketones (excluding diaryl/α,β-unsaturated/α-hetero) is 1. The number of esters is 1. The summed E-state index contributed by atoms with van der Waals surface area (Å²) >= 11 is 0. The number of para-hydroxylation sites is 1. The molecule has 0 saturated carbocycles. The molecule has 0 fully saturated rings. The molecule has 32 heavy (non-hydrogen) atoms. The second-order valence-corrected chi connectivity index (χ2v) is 6.86. The molecule has 0 aromatic heterocycles. The first kappa shape index (κ1) is 22.4. The number of hydrogen-bond donors (Lipinski definition) is 1. The maximum Gasteiger partial charge on any atom is 0.307 e. The van der Waals surface area contributed by atoms with Gasteiger partial charge in [-0.25, -0.2) is 0 Å². The van der Waals surface area contributed by atoms with Crippen molar-refractivity contribution >= 4 is 29.0 Å². The monoisotopic (exact) mass is 432 g/mol. The number of amides is 1. The Morgan fingerprint density at radius 3 is 2.03 bits per heavy atom. The van der Waals surface area contributed by atoms with Crippen LogP contribution >= 0.6 is 0 Å². The fourth-order valence-electron chi connectivity index (χ4n) is 2.95. The number of carbonyl (C=O) groups is 3. The Hall–Kier alpha value is -4.33. The molecule has 0 aliphatic heterocycles. The third-order valence-corrected chi connectivity index (χ3v) is 4.57. The van der Waals surface area contributed by atoms with E-state index >= 15 is 0 Å². The standard InChI is InChI=1S/C24H20N2O6/c27-21(25-19-9-5-2-6-10-19)15-16-22(28)32-24(23(29)17-7-3-1-4-8-17)18-11-13-20(14-12-18)26(30)31/h1-14,24H,15-16H2,(H,25,27)/t24-/m1/s1. The predicted molar refractivity (Wildman–Crippen MR) is 117 cm³/mol. The van der Waals surface area contributed by atoms with Crippen LogP contribution in [0.2, 0.25) is 0 Å². The fraction of sp³-hybridized carbons (Fsp3) is 0.125. The van der Waals surface area contributed by atoms with Gasteiger partial charge < -0.3 is 10.1 Å². The van der Waals surface area contributed by atoms with E-state index in [4.69, 9.17) is 4.74 Å². The molecule has 0 unspecified atom stereocenters. The Labute approximate surface area is 184 Å². The Bertz CT molecular complexity index is 1100. The number of non-ortho nitro benzene ring substituents is 1. The number of benzene rings is 3. The number of nitro benzene ring substituents is 1. The smallest absolute Gasteiger partial charge is 0.307 e. The summed E-state index contributed by atoms with van der Waals surface area (Å²) in [6.45, 7) is 0. The van der Waals surface area contributed by atoms with Crippen molar-refractivity contribution in [3.8, 4) is 0 Å². The highest BCUT2D eigenvalue weighted by Crippen LogP contribution is 2.25. The number of nitrogens with zero attached hydrogens (tertiary/aromatic N) is 1. The van der Waals surface area contributed by atoms with Gasteiger partial charge in [-0.1, -0.05) is 48.5 Å². The molecule has 8 nitrogen and oxygen atoms in total. The molecule has 3 aromatic carbocycles. The molecule has 8 heteroatoms. The first-order valence-corrected chi connectivity index (χ1v) is 9.82. The van der Waals surface area contributed by atoms with E-state index in [9.17, 15) is 24.5 Å². The van der Waals surface area contributed by atoms with Crippen LogP contribution in [0, 0.1) is 10.1 Å². The number of nitro groups is 1. The summed E-state index contributed by atoms with van der Waals surface area (Å²) in [5, 5.41) is 13.6. The largest absolute Gasteiger partial charge is 0.449 e. The topological polar surface area (TPSA) is 116 Å². The molecule has 0 saturated heterocycles. The van der Waals surface area contributed by atoms with Gasteiger partial charge in [0.05, 0.1) is 11.3 Å². The molecular formula is C24H20N2O6. The summed E-state index contributed by atoms with van der Waals surface area (Å²) in [5.74, 6) is -1.57. The SMILES string of the molecule is O=C(CCC(=O)O[C@@H](C(=O)c1ccccc1)c1ccc([N+](=O)[O-])cc1)Nc1ccccc1. The minimum absolute atomic E-state index is 0.125. The molecule has 1 atom stereocenters. The molecule has 3 rings (SSSR count). The van der Waals surface area contributed by atoms with Crippen LogP contribution in [0.1, 0.15) is 34.9 Å². The lowest BCUT2D eigenvalue weighted by Gasteiger charge is -2.17. The van der Waals surface area contributed by atoms with Crippen LogP contribution in [0.3, 0.4) is 0 Å². The van der Waals surface area contributed by atoms with E-state index in [1.54, 1.807) is 54.6 Å². The van der Waals surface area contributed by atoms with Crippen molar-refractivity contribution in [1.82, 2.24) is 0 Å². The third kappa shape index (κ3) is 6.09. The fourth-order valence-corrected chi connectivity index (χ4v) is 2.95. The van der Waals surface area contributed by atoms with E-state index < -0.39 is 22.8 Å². The number of carbonyl (C=O) groups excluding carboxylic acids is 3. The number of rotatable bonds is 9. The first-order chi connectivity index (χ1) is 15.4. The van der Waals surface area contributed by atoms with Gasteiger partial charge in [0.1, 0.15) is 0 Å². The van der Waals surface area contributed by atoms with Gasteiger partial charge in [-0.2, -0.15) is 0 Å². The molecule has 3 aromatic rings. The molecular weight excluding hydrogens is 412 g/mol. The summed E-state index contributed by atoms with van der Waals surface area (Å²) in [6, 6.07) is 22.3. The van der Waals surface area contributed by atoms with Gasteiger partial charge in [0.2, 0.25) is 11.7 Å². The number of anilines is 1. The Kier molecular flexibility index (Phi) is 7.42. The minimum atomic E-state index is -1.29. The molecule has 0 spiro atoms. The lowest BCUT2D eigenvalue weighted by molar-refractivity contribution is -0.384. The Balaban J connectivity index is 1.70. The van der Waals surface area contributed by atoms with Crippen LogP contribution < -0.4 is 5.32 Å². The molecule has 0 radical (unpaired) electrons. The molecule has 0 aliphatic rings. The maximum absolute atomic E-state index is 13.0. The maximum atomic E-state index is 13.0. The van der Waals surface area contributed by atoms with Crippen molar-refractivity contribution in [3.05, 3.63) is 106 Å². The zero-order valence-electron chi connectivity index (χ0n) is 17.0.